The summed E-state index contributed by atoms with van der Waals surface area (Å²) in [4.78, 5) is 15.5. The topological polar surface area (TPSA) is 95.3 Å². The summed E-state index contributed by atoms with van der Waals surface area (Å²) in [5.74, 6) is 1.07. The highest BCUT2D eigenvalue weighted by atomic mass is 35.5. The molecule has 3 rings (SSSR count). The van der Waals surface area contributed by atoms with Crippen molar-refractivity contribution in [3.8, 4) is 0 Å². The number of carbonyl (C=O) groups excluding carboxylic acids is 1. The van der Waals surface area contributed by atoms with Gasteiger partial charge in [0.2, 0.25) is 5.91 Å². The number of benzene rings is 1. The van der Waals surface area contributed by atoms with Gasteiger partial charge in [-0.3, -0.25) is 4.79 Å². The van der Waals surface area contributed by atoms with E-state index < -0.39 is 6.17 Å². The van der Waals surface area contributed by atoms with Gasteiger partial charge in [0.15, 0.2) is 0 Å². The van der Waals surface area contributed by atoms with Crippen molar-refractivity contribution in [3.63, 3.8) is 0 Å². The van der Waals surface area contributed by atoms with Crippen LogP contribution < -0.4 is 5.32 Å². The number of halogens is 2. The van der Waals surface area contributed by atoms with Crippen molar-refractivity contribution in [2.45, 2.75) is 98.2 Å². The lowest BCUT2D eigenvalue weighted by Gasteiger charge is -2.46. The Balaban J connectivity index is 0.00000385. The number of hydrogen-bond acceptors (Lipinski definition) is 2. The van der Waals surface area contributed by atoms with E-state index in [1.165, 1.54) is 5.56 Å². The number of piperidine rings is 1. The van der Waals surface area contributed by atoms with E-state index in [9.17, 15) is 9.18 Å². The molecule has 204 valence electrons. The van der Waals surface area contributed by atoms with Crippen LogP contribution in [0.3, 0.4) is 0 Å². The van der Waals surface area contributed by atoms with Crippen molar-refractivity contribution in [3.05, 3.63) is 34.9 Å². The molecule has 2 aliphatic rings. The van der Waals surface area contributed by atoms with E-state index in [1.54, 1.807) is 0 Å². The van der Waals surface area contributed by atoms with Gasteiger partial charge in [-0.15, -0.1) is 0 Å². The lowest BCUT2D eigenvalue weighted by atomic mass is 9.70. The number of alkyl halides is 1. The van der Waals surface area contributed by atoms with Crippen LogP contribution in [-0.2, 0) is 4.79 Å². The first-order valence-electron chi connectivity index (χ1n) is 12.6. The lowest BCUT2D eigenvalue weighted by molar-refractivity contribution is -0.138. The minimum Gasteiger partial charge on any atom is -0.412 e. The molecule has 5 nitrogen and oxygen atoms in total. The maximum atomic E-state index is 14.1. The third kappa shape index (κ3) is 8.99. The van der Waals surface area contributed by atoms with Gasteiger partial charge in [-0.1, -0.05) is 71.7 Å². The van der Waals surface area contributed by atoms with E-state index in [0.29, 0.717) is 5.92 Å². The number of nitrogens with zero attached hydrogens (tertiary/aromatic N) is 1. The van der Waals surface area contributed by atoms with Crippen LogP contribution in [0.2, 0.25) is 5.02 Å². The summed E-state index contributed by atoms with van der Waals surface area (Å²) in [6.07, 6.45) is 6.13. The molecule has 0 spiro atoms. The molecule has 2 fully saturated rings. The van der Waals surface area contributed by atoms with Crippen LogP contribution in [0.25, 0.3) is 0 Å². The number of carbonyl (C=O) groups is 1. The molecule has 4 atom stereocenters. The second-order valence-electron chi connectivity index (χ2n) is 11.0. The summed E-state index contributed by atoms with van der Waals surface area (Å²) in [5.41, 5.74) is 1.30. The summed E-state index contributed by atoms with van der Waals surface area (Å²) < 4.78 is 14.1. The van der Waals surface area contributed by atoms with Crippen LogP contribution in [0, 0.1) is 17.3 Å². The Morgan fingerprint density at radius 3 is 2.34 bits per heavy atom. The molecule has 2 unspecified atom stereocenters. The maximum absolute atomic E-state index is 14.1. The third-order valence-corrected chi connectivity index (χ3v) is 7.93. The Bertz CT molecular complexity index is 744. The van der Waals surface area contributed by atoms with Crippen molar-refractivity contribution in [1.82, 2.24) is 10.2 Å². The van der Waals surface area contributed by atoms with Crippen molar-refractivity contribution in [2.24, 2.45) is 17.3 Å². The fourth-order valence-electron chi connectivity index (χ4n) is 5.77. The molecule has 1 aliphatic carbocycles. The molecular weight excluding hydrogens is 467 g/mol. The van der Waals surface area contributed by atoms with Gasteiger partial charge in [0.25, 0.3) is 0 Å². The largest absolute Gasteiger partial charge is 0.412 e. The van der Waals surface area contributed by atoms with Gasteiger partial charge in [0, 0.05) is 18.1 Å². The SMILES string of the molecule is C.CC(C)[C@@H](NCCCC1CCCCC1F)C(=O)N1CC[C@H](c2ccc(Cl)cc2)C(C)(C)C1.O.O. The summed E-state index contributed by atoms with van der Waals surface area (Å²) in [7, 11) is 0. The fourth-order valence-corrected chi connectivity index (χ4v) is 5.90. The Hall–Kier alpha value is -1.21. The van der Waals surface area contributed by atoms with Gasteiger partial charge in [-0.05, 0) is 79.5 Å². The van der Waals surface area contributed by atoms with Gasteiger partial charge < -0.3 is 21.2 Å². The molecule has 35 heavy (non-hydrogen) atoms. The second-order valence-corrected chi connectivity index (χ2v) is 11.5. The van der Waals surface area contributed by atoms with E-state index >= 15 is 0 Å². The first-order chi connectivity index (χ1) is 15.2. The minimum absolute atomic E-state index is 0. The zero-order valence-corrected chi connectivity index (χ0v) is 22.1. The van der Waals surface area contributed by atoms with Gasteiger partial charge >= 0.3 is 0 Å². The monoisotopic (exact) mass is 516 g/mol. The van der Waals surface area contributed by atoms with Crippen molar-refractivity contribution < 1.29 is 20.1 Å². The highest BCUT2D eigenvalue weighted by molar-refractivity contribution is 6.30. The number of nitrogens with one attached hydrogen (secondary N) is 1. The number of likely N-dealkylation sites (tertiary alicyclic amines) is 1. The molecule has 0 bridgehead atoms. The molecule has 0 aromatic heterocycles. The standard InChI is InChI=1S/C27H42ClFN2O.CH4.2H2O/c1-19(2)25(30-16-7-9-21-8-5-6-10-24(21)29)26(32)31-17-15-23(27(3,4)18-31)20-11-13-22(28)14-12-20;;;/h11-14,19,21,23-25,30H,5-10,15-18H2,1-4H3;1H4;2*1H2/t21?,23-,24?,25-;;;/m1.../s1. The minimum atomic E-state index is -0.629. The Morgan fingerprint density at radius 1 is 1.14 bits per heavy atom. The summed E-state index contributed by atoms with van der Waals surface area (Å²) in [6.45, 7) is 11.1. The van der Waals surface area contributed by atoms with Crippen molar-refractivity contribution in [2.75, 3.05) is 19.6 Å². The van der Waals surface area contributed by atoms with Crippen molar-refractivity contribution in [1.29, 1.82) is 0 Å². The summed E-state index contributed by atoms with van der Waals surface area (Å²) in [5, 5.41) is 4.28. The lowest BCUT2D eigenvalue weighted by Crippen LogP contribution is -2.55. The number of rotatable bonds is 8. The van der Waals surface area contributed by atoms with E-state index in [4.69, 9.17) is 11.6 Å². The van der Waals surface area contributed by atoms with Crippen LogP contribution in [0.4, 0.5) is 4.39 Å². The maximum Gasteiger partial charge on any atom is 0.239 e. The zero-order chi connectivity index (χ0) is 23.3. The first kappa shape index (κ1) is 33.8. The van der Waals surface area contributed by atoms with Crippen molar-refractivity contribution >= 4 is 17.5 Å². The van der Waals surface area contributed by atoms with Gasteiger partial charge in [-0.25, -0.2) is 4.39 Å². The number of hydrogen-bond donors (Lipinski definition) is 1. The van der Waals surface area contributed by atoms with E-state index in [0.717, 1.165) is 69.6 Å². The first-order valence-corrected chi connectivity index (χ1v) is 13.0. The van der Waals surface area contributed by atoms with E-state index in [2.05, 4.69) is 50.0 Å². The molecule has 1 aromatic carbocycles. The molecule has 5 N–H and O–H groups in total. The average molecular weight is 517 g/mol. The van der Waals surface area contributed by atoms with Gasteiger partial charge in [-0.2, -0.15) is 0 Å². The molecular formula is C28H50ClFN2O3. The summed E-state index contributed by atoms with van der Waals surface area (Å²) in [6, 6.07) is 7.99. The molecule has 1 saturated carbocycles. The quantitative estimate of drug-likeness (QED) is 0.455. The predicted molar refractivity (Wildman–Crippen MR) is 146 cm³/mol. The van der Waals surface area contributed by atoms with Crippen LogP contribution in [0.1, 0.15) is 91.5 Å². The third-order valence-electron chi connectivity index (χ3n) is 7.68. The average Bonchev–Trinajstić information content (AvgIpc) is 2.74. The zero-order valence-electron chi connectivity index (χ0n) is 21.4. The van der Waals surface area contributed by atoms with Crippen LogP contribution in [-0.4, -0.2) is 53.6 Å². The Labute approximate surface area is 217 Å². The highest BCUT2D eigenvalue weighted by Gasteiger charge is 2.40. The fraction of sp³-hybridized carbons (Fsp3) is 0.750. The molecule has 1 amide bonds. The predicted octanol–water partition coefficient (Wildman–Crippen LogP) is 5.59. The second kappa shape index (κ2) is 15.1. The number of amides is 1. The Morgan fingerprint density at radius 2 is 1.77 bits per heavy atom. The molecule has 1 aromatic rings. The van der Waals surface area contributed by atoms with Gasteiger partial charge in [0.1, 0.15) is 6.17 Å². The van der Waals surface area contributed by atoms with E-state index in [1.807, 2.05) is 12.1 Å². The molecule has 1 saturated heterocycles. The highest BCUT2D eigenvalue weighted by Crippen LogP contribution is 2.42. The van der Waals surface area contributed by atoms with Crippen LogP contribution in [0.5, 0.6) is 0 Å². The smallest absolute Gasteiger partial charge is 0.239 e. The molecule has 7 heteroatoms. The molecule has 1 heterocycles. The molecule has 0 radical (unpaired) electrons. The van der Waals surface area contributed by atoms with Crippen LogP contribution in [0.15, 0.2) is 24.3 Å². The van der Waals surface area contributed by atoms with E-state index in [-0.39, 0.29) is 47.6 Å². The molecule has 1 aliphatic heterocycles. The normalized spacial score (nSPS) is 24.5. The summed E-state index contributed by atoms with van der Waals surface area (Å²) >= 11 is 6.08. The van der Waals surface area contributed by atoms with Gasteiger partial charge in [0.05, 0.1) is 6.04 Å². The van der Waals surface area contributed by atoms with Crippen LogP contribution >= 0.6 is 11.6 Å². The Kier molecular flexibility index (Phi) is 14.6.